The van der Waals surface area contributed by atoms with E-state index in [1.54, 1.807) is 36.4 Å². The fourth-order valence-electron chi connectivity index (χ4n) is 3.78. The van der Waals surface area contributed by atoms with Crippen LogP contribution in [0.3, 0.4) is 0 Å². The smallest absolute Gasteiger partial charge is 0.349 e. The fraction of sp³-hybridized carbons (Fsp3) is 0.0625. The Labute approximate surface area is 260 Å². The molecule has 13 heteroatoms. The van der Waals surface area contributed by atoms with Crippen molar-refractivity contribution in [2.45, 2.75) is 12.2 Å². The zero-order valence-corrected chi connectivity index (χ0v) is 23.9. The zero-order chi connectivity index (χ0) is 32.3. The van der Waals surface area contributed by atoms with Gasteiger partial charge in [0.2, 0.25) is 12.2 Å². The number of carbonyl (C=O) groups is 6. The molecule has 0 saturated heterocycles. The van der Waals surface area contributed by atoms with Crippen LogP contribution in [0.4, 0.5) is 5.69 Å². The van der Waals surface area contributed by atoms with Gasteiger partial charge in [-0.25, -0.2) is 14.4 Å². The number of carboxylic acid groups (broad SMARTS) is 1. The standard InChI is InChI=1S/C32H24ClN3O9/c33-23-15-11-19(12-16-23)27(37)34-24-17-13-20(14-18-24)28(38)35-36-29(39)25(44-31(42)21-7-3-1-4-8-21)26(30(40)41)45-32(43)22-9-5-2-6-10-22/h1-18,25-26H,(H,34,37)(H,35,38)(H,36,39)(H,40,41)/t25-,26+/m0/s1. The molecule has 0 heterocycles. The molecule has 0 aliphatic rings. The zero-order valence-electron chi connectivity index (χ0n) is 23.1. The minimum Gasteiger partial charge on any atom is -0.478 e. The first-order chi connectivity index (χ1) is 21.6. The molecule has 228 valence electrons. The van der Waals surface area contributed by atoms with Gasteiger partial charge in [-0.15, -0.1) is 0 Å². The molecule has 12 nitrogen and oxygen atoms in total. The minimum atomic E-state index is -2.29. The van der Waals surface area contributed by atoms with E-state index in [9.17, 15) is 33.9 Å². The number of carbonyl (C=O) groups excluding carboxylic acids is 5. The number of ether oxygens (including phenoxy) is 2. The van der Waals surface area contributed by atoms with Crippen molar-refractivity contribution in [1.29, 1.82) is 0 Å². The first kappa shape index (κ1) is 31.9. The Morgan fingerprint density at radius 3 is 1.53 bits per heavy atom. The maximum atomic E-state index is 13.1. The number of halogens is 1. The van der Waals surface area contributed by atoms with E-state index in [1.807, 2.05) is 5.43 Å². The number of aliphatic carboxylic acids is 1. The van der Waals surface area contributed by atoms with E-state index in [0.717, 1.165) is 0 Å². The van der Waals surface area contributed by atoms with E-state index in [-0.39, 0.29) is 16.7 Å². The number of nitrogens with one attached hydrogen (secondary N) is 3. The second kappa shape index (κ2) is 14.9. The lowest BCUT2D eigenvalue weighted by molar-refractivity contribution is -0.159. The molecular weight excluding hydrogens is 606 g/mol. The Balaban J connectivity index is 1.45. The van der Waals surface area contributed by atoms with Gasteiger partial charge in [0.05, 0.1) is 11.1 Å². The Morgan fingerprint density at radius 2 is 1.02 bits per heavy atom. The summed E-state index contributed by atoms with van der Waals surface area (Å²) in [7, 11) is 0. The van der Waals surface area contributed by atoms with Gasteiger partial charge in [-0.05, 0) is 72.8 Å². The third-order valence-electron chi connectivity index (χ3n) is 6.07. The number of anilines is 1. The number of rotatable bonds is 10. The van der Waals surface area contributed by atoms with E-state index in [2.05, 4.69) is 10.7 Å². The molecule has 0 fully saturated rings. The van der Waals surface area contributed by atoms with Crippen molar-refractivity contribution in [1.82, 2.24) is 10.9 Å². The average molecular weight is 630 g/mol. The van der Waals surface area contributed by atoms with Crippen molar-refractivity contribution in [2.75, 3.05) is 5.32 Å². The molecule has 4 rings (SSSR count). The third kappa shape index (κ3) is 8.75. The maximum Gasteiger partial charge on any atom is 0.349 e. The van der Waals surface area contributed by atoms with E-state index < -0.39 is 47.8 Å². The summed E-state index contributed by atoms with van der Waals surface area (Å²) < 4.78 is 10.2. The summed E-state index contributed by atoms with van der Waals surface area (Å²) in [6, 6.07) is 26.6. The first-order valence-electron chi connectivity index (χ1n) is 13.1. The minimum absolute atomic E-state index is 0.0129. The number of hydrogen-bond acceptors (Lipinski definition) is 8. The Kier molecular flexibility index (Phi) is 10.6. The number of amides is 3. The predicted octanol–water partition coefficient (Wildman–Crippen LogP) is 3.89. The summed E-state index contributed by atoms with van der Waals surface area (Å²) in [6.07, 6.45) is -4.50. The number of carboxylic acids is 1. The molecule has 2 atom stereocenters. The van der Waals surface area contributed by atoms with Crippen LogP contribution in [0.15, 0.2) is 109 Å². The van der Waals surface area contributed by atoms with E-state index in [1.165, 1.54) is 72.8 Å². The molecule has 45 heavy (non-hydrogen) atoms. The molecule has 0 saturated carbocycles. The van der Waals surface area contributed by atoms with Crippen LogP contribution in [0.5, 0.6) is 0 Å². The van der Waals surface area contributed by atoms with Gasteiger partial charge >= 0.3 is 17.9 Å². The normalized spacial score (nSPS) is 11.7. The van der Waals surface area contributed by atoms with Gasteiger partial charge < -0.3 is 19.9 Å². The second-order valence-corrected chi connectivity index (χ2v) is 9.64. The maximum absolute atomic E-state index is 13.1. The second-order valence-electron chi connectivity index (χ2n) is 9.20. The predicted molar refractivity (Wildman–Crippen MR) is 160 cm³/mol. The lowest BCUT2D eigenvalue weighted by Gasteiger charge is -2.23. The van der Waals surface area contributed by atoms with Gasteiger partial charge in [0.1, 0.15) is 0 Å². The average Bonchev–Trinajstić information content (AvgIpc) is 3.06. The number of benzene rings is 4. The highest BCUT2D eigenvalue weighted by Crippen LogP contribution is 2.15. The van der Waals surface area contributed by atoms with E-state index >= 15 is 0 Å². The molecular formula is C32H24ClN3O9. The lowest BCUT2D eigenvalue weighted by Crippen LogP contribution is -2.54. The quantitative estimate of drug-likeness (QED) is 0.150. The van der Waals surface area contributed by atoms with Crippen molar-refractivity contribution in [2.24, 2.45) is 0 Å². The van der Waals surface area contributed by atoms with Crippen LogP contribution >= 0.6 is 11.6 Å². The van der Waals surface area contributed by atoms with Crippen molar-refractivity contribution in [3.63, 3.8) is 0 Å². The van der Waals surface area contributed by atoms with Gasteiger partial charge in [-0.1, -0.05) is 48.0 Å². The number of esters is 2. The highest BCUT2D eigenvalue weighted by atomic mass is 35.5. The fourth-order valence-corrected chi connectivity index (χ4v) is 3.91. The van der Waals surface area contributed by atoms with E-state index in [0.29, 0.717) is 16.3 Å². The Morgan fingerprint density at radius 1 is 0.556 bits per heavy atom. The summed E-state index contributed by atoms with van der Waals surface area (Å²) in [5.74, 6) is -6.51. The summed E-state index contributed by atoms with van der Waals surface area (Å²) in [6.45, 7) is 0. The van der Waals surface area contributed by atoms with Crippen molar-refractivity contribution < 1.29 is 43.3 Å². The van der Waals surface area contributed by atoms with Gasteiger partial charge in [0, 0.05) is 21.8 Å². The Bertz CT molecular complexity index is 1700. The molecule has 0 radical (unpaired) electrons. The monoisotopic (exact) mass is 629 g/mol. The van der Waals surface area contributed by atoms with Crippen molar-refractivity contribution in [3.05, 3.63) is 136 Å². The molecule has 0 unspecified atom stereocenters. The van der Waals surface area contributed by atoms with Crippen molar-refractivity contribution >= 4 is 52.9 Å². The summed E-state index contributed by atoms with van der Waals surface area (Å²) in [5, 5.41) is 13.0. The van der Waals surface area contributed by atoms with Crippen LogP contribution in [-0.2, 0) is 19.1 Å². The van der Waals surface area contributed by atoms with Crippen LogP contribution in [0, 0.1) is 0 Å². The van der Waals surface area contributed by atoms with Crippen LogP contribution in [0.2, 0.25) is 5.02 Å². The van der Waals surface area contributed by atoms with E-state index in [4.69, 9.17) is 21.1 Å². The van der Waals surface area contributed by atoms with Gasteiger partial charge in [-0.2, -0.15) is 0 Å². The van der Waals surface area contributed by atoms with Gasteiger partial charge in [-0.3, -0.25) is 25.2 Å². The molecule has 3 amide bonds. The highest BCUT2D eigenvalue weighted by Gasteiger charge is 2.41. The summed E-state index contributed by atoms with van der Waals surface area (Å²) >= 11 is 5.84. The van der Waals surface area contributed by atoms with Gasteiger partial charge in [0.25, 0.3) is 17.7 Å². The topological polar surface area (TPSA) is 177 Å². The molecule has 4 N–H and O–H groups in total. The SMILES string of the molecule is O=C(NNC(=O)[C@@H](OC(=O)c1ccccc1)[C@@H](OC(=O)c1ccccc1)C(=O)O)c1ccc(NC(=O)c2ccc(Cl)cc2)cc1. The molecule has 0 spiro atoms. The largest absolute Gasteiger partial charge is 0.478 e. The first-order valence-corrected chi connectivity index (χ1v) is 13.5. The van der Waals surface area contributed by atoms with Crippen LogP contribution in [-0.4, -0.2) is 52.9 Å². The molecule has 0 bridgehead atoms. The number of hydrogen-bond donors (Lipinski definition) is 4. The summed E-state index contributed by atoms with van der Waals surface area (Å²) in [5.41, 5.74) is 4.85. The third-order valence-corrected chi connectivity index (χ3v) is 6.33. The van der Waals surface area contributed by atoms with Crippen LogP contribution in [0.1, 0.15) is 41.4 Å². The molecule has 0 aliphatic carbocycles. The van der Waals surface area contributed by atoms with Gasteiger partial charge in [0.15, 0.2) is 0 Å². The molecule has 4 aromatic rings. The van der Waals surface area contributed by atoms with Crippen molar-refractivity contribution in [3.8, 4) is 0 Å². The molecule has 0 aromatic heterocycles. The highest BCUT2D eigenvalue weighted by molar-refractivity contribution is 6.30. The molecule has 4 aromatic carbocycles. The van der Waals surface area contributed by atoms with Crippen LogP contribution < -0.4 is 16.2 Å². The summed E-state index contributed by atoms with van der Waals surface area (Å²) in [4.78, 5) is 75.8. The number of hydrazine groups is 1. The lowest BCUT2D eigenvalue weighted by atomic mass is 10.1. The molecule has 0 aliphatic heterocycles. The van der Waals surface area contributed by atoms with Crippen LogP contribution in [0.25, 0.3) is 0 Å². The Hall–Kier alpha value is -6.01.